The van der Waals surface area contributed by atoms with E-state index in [0.29, 0.717) is 13.1 Å². The highest BCUT2D eigenvalue weighted by molar-refractivity contribution is 5.95. The molecule has 0 fully saturated rings. The lowest BCUT2D eigenvalue weighted by Gasteiger charge is -2.17. The Bertz CT molecular complexity index is 686. The molecule has 0 aliphatic rings. The number of likely N-dealkylation sites (N-methyl/N-ethyl adjacent to an activating group) is 1. The van der Waals surface area contributed by atoms with Gasteiger partial charge in [-0.1, -0.05) is 54.6 Å². The molecule has 0 atom stereocenters. The maximum atomic E-state index is 11.9. The molecule has 2 aromatic carbocycles. The van der Waals surface area contributed by atoms with Crippen LogP contribution in [0.2, 0.25) is 0 Å². The molecular weight excluding hydrogens is 302 g/mol. The third kappa shape index (κ3) is 5.85. The van der Waals surface area contributed by atoms with Crippen LogP contribution in [0.25, 0.3) is 0 Å². The number of hydrogen-bond acceptors (Lipinski definition) is 3. The second-order valence-corrected chi connectivity index (χ2v) is 5.82. The molecule has 0 spiro atoms. The van der Waals surface area contributed by atoms with Gasteiger partial charge in [-0.3, -0.25) is 15.0 Å². The minimum atomic E-state index is -0.479. The van der Waals surface area contributed by atoms with E-state index in [2.05, 4.69) is 10.6 Å². The van der Waals surface area contributed by atoms with E-state index in [-0.39, 0.29) is 12.5 Å². The van der Waals surface area contributed by atoms with E-state index in [1.54, 1.807) is 0 Å². The van der Waals surface area contributed by atoms with Crippen molar-refractivity contribution in [2.75, 3.05) is 13.6 Å². The van der Waals surface area contributed by atoms with Crippen molar-refractivity contribution in [2.24, 2.45) is 0 Å². The lowest BCUT2D eigenvalue weighted by molar-refractivity contribution is -0.120. The molecule has 126 valence electrons. The fraction of sp³-hybridized carbons (Fsp3) is 0.263. The normalized spacial score (nSPS) is 10.5. The van der Waals surface area contributed by atoms with Crippen LogP contribution in [-0.4, -0.2) is 30.4 Å². The number of carbonyl (C=O) groups is 2. The Hall–Kier alpha value is -2.66. The van der Waals surface area contributed by atoms with Crippen LogP contribution in [0.4, 0.5) is 4.79 Å². The van der Waals surface area contributed by atoms with Crippen molar-refractivity contribution in [1.82, 2.24) is 15.5 Å². The maximum absolute atomic E-state index is 11.9. The Kier molecular flexibility index (Phi) is 6.51. The fourth-order valence-electron chi connectivity index (χ4n) is 2.37. The van der Waals surface area contributed by atoms with Gasteiger partial charge in [0.25, 0.3) is 0 Å². The lowest BCUT2D eigenvalue weighted by atomic mass is 10.1. The monoisotopic (exact) mass is 325 g/mol. The summed E-state index contributed by atoms with van der Waals surface area (Å²) in [7, 11) is 1.86. The van der Waals surface area contributed by atoms with Crippen molar-refractivity contribution in [3.63, 3.8) is 0 Å². The van der Waals surface area contributed by atoms with Gasteiger partial charge in [0.1, 0.15) is 0 Å². The molecule has 0 aliphatic carbocycles. The van der Waals surface area contributed by atoms with Gasteiger partial charge in [-0.15, -0.1) is 0 Å². The summed E-state index contributed by atoms with van der Waals surface area (Å²) in [5, 5.41) is 5.02. The molecule has 0 bridgehead atoms. The van der Waals surface area contributed by atoms with Crippen LogP contribution in [0.1, 0.15) is 16.7 Å². The Morgan fingerprint density at radius 3 is 2.38 bits per heavy atom. The average molecular weight is 325 g/mol. The third-order valence-corrected chi connectivity index (χ3v) is 3.66. The van der Waals surface area contributed by atoms with Crippen molar-refractivity contribution in [3.8, 4) is 0 Å². The van der Waals surface area contributed by atoms with Crippen LogP contribution in [0.5, 0.6) is 0 Å². The zero-order chi connectivity index (χ0) is 17.4. The molecule has 0 radical (unpaired) electrons. The van der Waals surface area contributed by atoms with E-state index in [1.807, 2.05) is 73.5 Å². The molecule has 0 heterocycles. The SMILES string of the molecule is Cc1ccccc1CN(C)CC(=O)NC(=O)NCc1ccccc1. The van der Waals surface area contributed by atoms with Crippen LogP contribution in [0.3, 0.4) is 0 Å². The smallest absolute Gasteiger partial charge is 0.321 e. The number of benzene rings is 2. The molecule has 0 saturated heterocycles. The van der Waals surface area contributed by atoms with Crippen molar-refractivity contribution in [2.45, 2.75) is 20.0 Å². The predicted octanol–water partition coefficient (Wildman–Crippen LogP) is 2.45. The van der Waals surface area contributed by atoms with Crippen LogP contribution in [0, 0.1) is 6.92 Å². The number of aryl methyl sites for hydroxylation is 1. The minimum absolute atomic E-state index is 0.160. The molecule has 0 aliphatic heterocycles. The number of hydrogen-bond donors (Lipinski definition) is 2. The van der Waals surface area contributed by atoms with Gasteiger partial charge in [0.05, 0.1) is 6.54 Å². The maximum Gasteiger partial charge on any atom is 0.321 e. The molecule has 5 heteroatoms. The first-order valence-electron chi connectivity index (χ1n) is 7.89. The molecule has 2 rings (SSSR count). The molecule has 3 amide bonds. The minimum Gasteiger partial charge on any atom is -0.334 e. The van der Waals surface area contributed by atoms with Crippen molar-refractivity contribution < 1.29 is 9.59 Å². The summed E-state index contributed by atoms with van der Waals surface area (Å²) in [4.78, 5) is 25.6. The highest BCUT2D eigenvalue weighted by Gasteiger charge is 2.11. The predicted molar refractivity (Wildman–Crippen MR) is 94.3 cm³/mol. The van der Waals surface area contributed by atoms with Gasteiger partial charge < -0.3 is 5.32 Å². The van der Waals surface area contributed by atoms with E-state index >= 15 is 0 Å². The van der Waals surface area contributed by atoms with Crippen LogP contribution >= 0.6 is 0 Å². The summed E-state index contributed by atoms with van der Waals surface area (Å²) in [6.07, 6.45) is 0. The number of rotatable bonds is 6. The first-order chi connectivity index (χ1) is 11.5. The Morgan fingerprint density at radius 2 is 1.67 bits per heavy atom. The Balaban J connectivity index is 1.74. The highest BCUT2D eigenvalue weighted by Crippen LogP contribution is 2.09. The second kappa shape index (κ2) is 8.84. The topological polar surface area (TPSA) is 61.4 Å². The van der Waals surface area contributed by atoms with Crippen molar-refractivity contribution >= 4 is 11.9 Å². The van der Waals surface area contributed by atoms with Crippen molar-refractivity contribution in [3.05, 3.63) is 71.3 Å². The van der Waals surface area contributed by atoms with Crippen molar-refractivity contribution in [1.29, 1.82) is 0 Å². The Morgan fingerprint density at radius 1 is 1.00 bits per heavy atom. The van der Waals surface area contributed by atoms with Crippen LogP contribution in [0.15, 0.2) is 54.6 Å². The van der Waals surface area contributed by atoms with E-state index in [1.165, 1.54) is 11.1 Å². The third-order valence-electron chi connectivity index (χ3n) is 3.66. The van der Waals surface area contributed by atoms with Gasteiger partial charge in [0.2, 0.25) is 5.91 Å². The highest BCUT2D eigenvalue weighted by atomic mass is 16.2. The largest absolute Gasteiger partial charge is 0.334 e. The molecule has 0 unspecified atom stereocenters. The van der Waals surface area contributed by atoms with Gasteiger partial charge in [-0.05, 0) is 30.7 Å². The number of nitrogens with zero attached hydrogens (tertiary/aromatic N) is 1. The molecule has 2 N–H and O–H groups in total. The first-order valence-corrected chi connectivity index (χ1v) is 7.89. The van der Waals surface area contributed by atoms with Gasteiger partial charge in [-0.2, -0.15) is 0 Å². The first kappa shape index (κ1) is 17.7. The quantitative estimate of drug-likeness (QED) is 0.857. The summed E-state index contributed by atoms with van der Waals surface area (Å²) in [6, 6.07) is 17.1. The Labute approximate surface area is 142 Å². The van der Waals surface area contributed by atoms with Crippen LogP contribution < -0.4 is 10.6 Å². The fourth-order valence-corrected chi connectivity index (χ4v) is 2.37. The summed E-state index contributed by atoms with van der Waals surface area (Å²) >= 11 is 0. The molecular formula is C19H23N3O2. The number of urea groups is 1. The van der Waals surface area contributed by atoms with E-state index in [0.717, 1.165) is 5.56 Å². The van der Waals surface area contributed by atoms with Gasteiger partial charge in [0.15, 0.2) is 0 Å². The summed E-state index contributed by atoms with van der Waals surface area (Å²) in [5.74, 6) is -0.323. The molecule has 24 heavy (non-hydrogen) atoms. The van der Waals surface area contributed by atoms with Gasteiger partial charge >= 0.3 is 6.03 Å². The molecule has 0 aromatic heterocycles. The summed E-state index contributed by atoms with van der Waals surface area (Å²) < 4.78 is 0. The summed E-state index contributed by atoms with van der Waals surface area (Å²) in [6.45, 7) is 3.25. The molecule has 0 saturated carbocycles. The van der Waals surface area contributed by atoms with Gasteiger partial charge in [0, 0.05) is 13.1 Å². The van der Waals surface area contributed by atoms with Gasteiger partial charge in [-0.25, -0.2) is 4.79 Å². The zero-order valence-electron chi connectivity index (χ0n) is 14.1. The van der Waals surface area contributed by atoms with E-state index < -0.39 is 6.03 Å². The number of imide groups is 1. The number of nitrogens with one attached hydrogen (secondary N) is 2. The second-order valence-electron chi connectivity index (χ2n) is 5.82. The van der Waals surface area contributed by atoms with Crippen LogP contribution in [-0.2, 0) is 17.9 Å². The average Bonchev–Trinajstić information content (AvgIpc) is 2.56. The summed E-state index contributed by atoms with van der Waals surface area (Å²) in [5.41, 5.74) is 3.34. The van der Waals surface area contributed by atoms with E-state index in [4.69, 9.17) is 0 Å². The van der Waals surface area contributed by atoms with E-state index in [9.17, 15) is 9.59 Å². The zero-order valence-corrected chi connectivity index (χ0v) is 14.1. The number of carbonyl (C=O) groups excluding carboxylic acids is 2. The standard InChI is InChI=1S/C19H23N3O2/c1-15-8-6-7-11-17(15)13-22(2)14-18(23)21-19(24)20-12-16-9-4-3-5-10-16/h3-11H,12-14H2,1-2H3,(H2,20,21,23,24). The lowest BCUT2D eigenvalue weighted by Crippen LogP contribution is -2.43. The molecule has 5 nitrogen and oxygen atoms in total. The molecule has 2 aromatic rings. The number of amides is 3.